The molecule has 0 bridgehead atoms. The highest BCUT2D eigenvalue weighted by molar-refractivity contribution is 5.96. The van der Waals surface area contributed by atoms with Crippen LogP contribution in [0.15, 0.2) is 24.3 Å². The summed E-state index contributed by atoms with van der Waals surface area (Å²) in [5.74, 6) is -0.169. The topological polar surface area (TPSA) is 64.3 Å². The average molecular weight is 208 g/mol. The third kappa shape index (κ3) is 2.95. The van der Waals surface area contributed by atoms with E-state index in [4.69, 9.17) is 10.5 Å². The van der Waals surface area contributed by atoms with Gasteiger partial charge in [0.1, 0.15) is 6.10 Å². The molecule has 3 N–H and O–H groups in total. The number of methoxy groups -OCH3 is 1. The minimum atomic E-state index is -0.426. The molecule has 0 heterocycles. The van der Waals surface area contributed by atoms with Gasteiger partial charge in [-0.15, -0.1) is 0 Å². The van der Waals surface area contributed by atoms with Crippen molar-refractivity contribution in [2.45, 2.75) is 19.4 Å². The number of carbonyl (C=O) groups is 1. The molecule has 0 saturated heterocycles. The molecule has 1 aromatic rings. The molecule has 0 aliphatic carbocycles. The Morgan fingerprint density at radius 2 is 2.20 bits per heavy atom. The summed E-state index contributed by atoms with van der Waals surface area (Å²) in [5.41, 5.74) is 6.87. The molecule has 15 heavy (non-hydrogen) atoms. The number of nitrogens with two attached hydrogens (primary N) is 1. The van der Waals surface area contributed by atoms with Crippen LogP contribution in [0.2, 0.25) is 0 Å². The van der Waals surface area contributed by atoms with Crippen molar-refractivity contribution in [3.8, 4) is 0 Å². The molecule has 0 saturated carbocycles. The van der Waals surface area contributed by atoms with Crippen LogP contribution in [0.5, 0.6) is 0 Å². The summed E-state index contributed by atoms with van der Waals surface area (Å²) in [7, 11) is 1.52. The molecule has 0 aromatic heterocycles. The Bertz CT molecular complexity index is 335. The Balaban J connectivity index is 2.70. The van der Waals surface area contributed by atoms with Crippen LogP contribution in [0.25, 0.3) is 0 Å². The first-order chi connectivity index (χ1) is 7.19. The largest absolute Gasteiger partial charge is 0.397 e. The molecule has 0 fully saturated rings. The average Bonchev–Trinajstić information content (AvgIpc) is 2.23. The van der Waals surface area contributed by atoms with Gasteiger partial charge in [0.05, 0.1) is 11.4 Å². The van der Waals surface area contributed by atoms with E-state index in [0.29, 0.717) is 17.8 Å². The predicted molar refractivity (Wildman–Crippen MR) is 60.6 cm³/mol. The van der Waals surface area contributed by atoms with Gasteiger partial charge in [0.2, 0.25) is 0 Å². The van der Waals surface area contributed by atoms with Crippen LogP contribution in [0, 0.1) is 0 Å². The van der Waals surface area contributed by atoms with Gasteiger partial charge in [0, 0.05) is 7.11 Å². The molecule has 1 amide bonds. The minimum absolute atomic E-state index is 0.169. The maximum Gasteiger partial charge on any atom is 0.253 e. The molecule has 0 aliphatic heterocycles. The Morgan fingerprint density at radius 1 is 1.53 bits per heavy atom. The Kier molecular flexibility index (Phi) is 4.12. The number of anilines is 2. The monoisotopic (exact) mass is 208 g/mol. The Hall–Kier alpha value is -1.55. The van der Waals surface area contributed by atoms with Crippen LogP contribution in [-0.4, -0.2) is 19.1 Å². The fraction of sp³-hybridized carbons (Fsp3) is 0.364. The summed E-state index contributed by atoms with van der Waals surface area (Å²) >= 11 is 0. The Labute approximate surface area is 89.4 Å². The quantitative estimate of drug-likeness (QED) is 0.739. The second-order valence-corrected chi connectivity index (χ2v) is 3.21. The first kappa shape index (κ1) is 11.5. The van der Waals surface area contributed by atoms with Gasteiger partial charge in [-0.1, -0.05) is 19.1 Å². The lowest BCUT2D eigenvalue weighted by Gasteiger charge is -2.14. The van der Waals surface area contributed by atoms with Crippen molar-refractivity contribution in [3.05, 3.63) is 24.3 Å². The van der Waals surface area contributed by atoms with Crippen molar-refractivity contribution in [2.24, 2.45) is 0 Å². The van der Waals surface area contributed by atoms with Gasteiger partial charge in [-0.3, -0.25) is 4.79 Å². The van der Waals surface area contributed by atoms with E-state index in [2.05, 4.69) is 5.32 Å². The van der Waals surface area contributed by atoms with E-state index in [0.717, 1.165) is 0 Å². The van der Waals surface area contributed by atoms with Gasteiger partial charge in [0.25, 0.3) is 5.91 Å². The van der Waals surface area contributed by atoms with E-state index in [-0.39, 0.29) is 5.91 Å². The standard InChI is InChI=1S/C11H16N2O2/c1-3-10(15-2)11(14)13-9-7-5-4-6-8(9)12/h4-7,10H,3,12H2,1-2H3,(H,13,14). The number of benzene rings is 1. The molecule has 0 radical (unpaired) electrons. The second-order valence-electron chi connectivity index (χ2n) is 3.21. The van der Waals surface area contributed by atoms with E-state index < -0.39 is 6.10 Å². The number of rotatable bonds is 4. The maximum absolute atomic E-state index is 11.6. The number of ether oxygens (including phenoxy) is 1. The van der Waals surface area contributed by atoms with Crippen molar-refractivity contribution >= 4 is 17.3 Å². The number of para-hydroxylation sites is 2. The third-order valence-electron chi connectivity index (χ3n) is 2.17. The van der Waals surface area contributed by atoms with Crippen LogP contribution in [0.3, 0.4) is 0 Å². The lowest BCUT2D eigenvalue weighted by Crippen LogP contribution is -2.29. The van der Waals surface area contributed by atoms with Crippen molar-refractivity contribution < 1.29 is 9.53 Å². The molecule has 1 unspecified atom stereocenters. The summed E-state index contributed by atoms with van der Waals surface area (Å²) in [4.78, 5) is 11.6. The second kappa shape index (κ2) is 5.36. The summed E-state index contributed by atoms with van der Waals surface area (Å²) in [6.07, 6.45) is 0.208. The number of hydrogen-bond acceptors (Lipinski definition) is 3. The molecular formula is C11H16N2O2. The first-order valence-corrected chi connectivity index (χ1v) is 4.87. The Morgan fingerprint density at radius 3 is 2.73 bits per heavy atom. The van der Waals surface area contributed by atoms with Crippen LogP contribution < -0.4 is 11.1 Å². The van der Waals surface area contributed by atoms with E-state index in [9.17, 15) is 4.79 Å². The number of amides is 1. The van der Waals surface area contributed by atoms with Gasteiger partial charge >= 0.3 is 0 Å². The van der Waals surface area contributed by atoms with Crippen molar-refractivity contribution in [1.29, 1.82) is 0 Å². The van der Waals surface area contributed by atoms with E-state index >= 15 is 0 Å². The van der Waals surface area contributed by atoms with Crippen LogP contribution in [0.1, 0.15) is 13.3 Å². The van der Waals surface area contributed by atoms with Crippen molar-refractivity contribution in [1.82, 2.24) is 0 Å². The summed E-state index contributed by atoms with van der Waals surface area (Å²) in [6, 6.07) is 7.14. The summed E-state index contributed by atoms with van der Waals surface area (Å²) < 4.78 is 5.02. The van der Waals surface area contributed by atoms with Gasteiger partial charge in [-0.2, -0.15) is 0 Å². The summed E-state index contributed by atoms with van der Waals surface area (Å²) in [6.45, 7) is 1.89. The molecule has 1 aromatic carbocycles. The normalized spacial score (nSPS) is 12.1. The third-order valence-corrected chi connectivity index (χ3v) is 2.17. The van der Waals surface area contributed by atoms with Crippen molar-refractivity contribution in [3.63, 3.8) is 0 Å². The van der Waals surface area contributed by atoms with Gasteiger partial charge in [0.15, 0.2) is 0 Å². The van der Waals surface area contributed by atoms with Crippen molar-refractivity contribution in [2.75, 3.05) is 18.2 Å². The molecule has 1 rings (SSSR count). The maximum atomic E-state index is 11.6. The molecule has 0 aliphatic rings. The van der Waals surface area contributed by atoms with E-state index in [1.807, 2.05) is 19.1 Å². The van der Waals surface area contributed by atoms with Crippen LogP contribution in [0.4, 0.5) is 11.4 Å². The molecule has 4 heteroatoms. The van der Waals surface area contributed by atoms with Crippen LogP contribution >= 0.6 is 0 Å². The summed E-state index contributed by atoms with van der Waals surface area (Å²) in [5, 5.41) is 2.72. The number of nitrogen functional groups attached to an aromatic ring is 1. The zero-order valence-corrected chi connectivity index (χ0v) is 8.99. The highest BCUT2D eigenvalue weighted by atomic mass is 16.5. The van der Waals surface area contributed by atoms with Gasteiger partial charge < -0.3 is 15.8 Å². The number of hydrogen-bond donors (Lipinski definition) is 2. The van der Waals surface area contributed by atoms with E-state index in [1.54, 1.807) is 12.1 Å². The van der Waals surface area contributed by atoms with E-state index in [1.165, 1.54) is 7.11 Å². The number of carbonyl (C=O) groups excluding carboxylic acids is 1. The lowest BCUT2D eigenvalue weighted by atomic mass is 10.2. The molecule has 0 spiro atoms. The SMILES string of the molecule is CCC(OC)C(=O)Nc1ccccc1N. The number of nitrogens with one attached hydrogen (secondary N) is 1. The highest BCUT2D eigenvalue weighted by Gasteiger charge is 2.15. The molecule has 4 nitrogen and oxygen atoms in total. The highest BCUT2D eigenvalue weighted by Crippen LogP contribution is 2.17. The van der Waals surface area contributed by atoms with Crippen LogP contribution in [-0.2, 0) is 9.53 Å². The van der Waals surface area contributed by atoms with Gasteiger partial charge in [-0.25, -0.2) is 0 Å². The lowest BCUT2D eigenvalue weighted by molar-refractivity contribution is -0.125. The first-order valence-electron chi connectivity index (χ1n) is 4.87. The fourth-order valence-corrected chi connectivity index (χ4v) is 1.28. The minimum Gasteiger partial charge on any atom is -0.397 e. The zero-order chi connectivity index (χ0) is 11.3. The molecule has 82 valence electrons. The fourth-order valence-electron chi connectivity index (χ4n) is 1.28. The van der Waals surface area contributed by atoms with Gasteiger partial charge in [-0.05, 0) is 18.6 Å². The molecule has 1 atom stereocenters. The zero-order valence-electron chi connectivity index (χ0n) is 8.99. The smallest absolute Gasteiger partial charge is 0.253 e. The molecular weight excluding hydrogens is 192 g/mol. The predicted octanol–water partition coefficient (Wildman–Crippen LogP) is 1.63.